The average molecular weight is 236 g/mol. The fourth-order valence-electron chi connectivity index (χ4n) is 1.19. The Hall–Kier alpha value is -0.903. The van der Waals surface area contributed by atoms with Gasteiger partial charge < -0.3 is 9.16 Å². The Morgan fingerprint density at radius 1 is 1.19 bits per heavy atom. The summed E-state index contributed by atoms with van der Waals surface area (Å²) in [7, 11) is -1.62. The van der Waals surface area contributed by atoms with E-state index < -0.39 is 8.32 Å². The van der Waals surface area contributed by atoms with Crippen LogP contribution in [0, 0.1) is 0 Å². The molecule has 0 radical (unpaired) electrons. The van der Waals surface area contributed by atoms with Crippen molar-refractivity contribution in [3.05, 3.63) is 48.2 Å². The average Bonchev–Trinajstić information content (AvgIpc) is 2.30. The number of hydrogen-bond donors (Lipinski definition) is 0. The van der Waals surface area contributed by atoms with Gasteiger partial charge in [-0.3, -0.25) is 0 Å². The highest BCUT2D eigenvalue weighted by Gasteiger charge is 2.16. The summed E-state index contributed by atoms with van der Waals surface area (Å²) >= 11 is 0. The van der Waals surface area contributed by atoms with Crippen molar-refractivity contribution in [2.45, 2.75) is 19.7 Å². The fraction of sp³-hybridized carbons (Fsp3) is 0.385. The summed E-state index contributed by atoms with van der Waals surface area (Å²) in [5.74, 6) is 0. The highest BCUT2D eigenvalue weighted by molar-refractivity contribution is 6.76. The monoisotopic (exact) mass is 236 g/mol. The van der Waals surface area contributed by atoms with Gasteiger partial charge in [0.1, 0.15) is 0 Å². The lowest BCUT2D eigenvalue weighted by Gasteiger charge is -2.17. The van der Waals surface area contributed by atoms with Crippen LogP contribution in [0.3, 0.4) is 0 Å². The second-order valence-electron chi connectivity index (χ2n) is 4.19. The predicted octanol–water partition coefficient (Wildman–Crippen LogP) is 3.15. The van der Waals surface area contributed by atoms with Crippen LogP contribution >= 0.6 is 0 Å². The molecule has 2 nitrogen and oxygen atoms in total. The van der Waals surface area contributed by atoms with E-state index >= 15 is 0 Å². The summed E-state index contributed by atoms with van der Waals surface area (Å²) in [6.07, 6.45) is 0. The van der Waals surface area contributed by atoms with Gasteiger partial charge in [0.2, 0.25) is 8.32 Å². The van der Waals surface area contributed by atoms with E-state index in [0.717, 1.165) is 0 Å². The van der Waals surface area contributed by atoms with E-state index in [1.54, 1.807) is 0 Å². The van der Waals surface area contributed by atoms with E-state index in [1.165, 1.54) is 5.56 Å². The minimum Gasteiger partial charge on any atom is -0.411 e. The highest BCUT2D eigenvalue weighted by atomic mass is 28.4. The normalized spacial score (nSPS) is 11.4. The van der Waals surface area contributed by atoms with Gasteiger partial charge in [-0.1, -0.05) is 36.0 Å². The Labute approximate surface area is 99.0 Å². The van der Waals surface area contributed by atoms with Crippen LogP contribution in [0.15, 0.2) is 42.6 Å². The first kappa shape index (κ1) is 13.2. The molecule has 0 aliphatic carbocycles. The van der Waals surface area contributed by atoms with Crippen molar-refractivity contribution in [3.63, 3.8) is 0 Å². The Morgan fingerprint density at radius 2 is 1.88 bits per heavy atom. The molecule has 0 bridgehead atoms. The lowest BCUT2D eigenvalue weighted by molar-refractivity contribution is 0.0873. The van der Waals surface area contributed by atoms with Crippen LogP contribution in [-0.2, 0) is 15.8 Å². The van der Waals surface area contributed by atoms with Gasteiger partial charge >= 0.3 is 0 Å². The molecule has 0 atom stereocenters. The topological polar surface area (TPSA) is 18.5 Å². The van der Waals surface area contributed by atoms with E-state index in [1.807, 2.05) is 23.9 Å². The molecule has 0 aliphatic heterocycles. The lowest BCUT2D eigenvalue weighted by atomic mass is 10.2. The Balaban J connectivity index is 2.11. The molecule has 0 heterocycles. The summed E-state index contributed by atoms with van der Waals surface area (Å²) in [4.78, 5) is 0. The van der Waals surface area contributed by atoms with E-state index in [-0.39, 0.29) is 0 Å². The number of benzene rings is 1. The number of hydrogen-bond acceptors (Lipinski definition) is 2. The molecule has 0 aromatic heterocycles. The fourth-order valence-corrected chi connectivity index (χ4v) is 1.91. The van der Waals surface area contributed by atoms with Crippen molar-refractivity contribution in [1.82, 2.24) is 0 Å². The van der Waals surface area contributed by atoms with Gasteiger partial charge in [0, 0.05) is 0 Å². The third-order valence-corrected chi connectivity index (χ3v) is 4.24. The van der Waals surface area contributed by atoms with Crippen molar-refractivity contribution in [3.8, 4) is 0 Å². The molecule has 3 heteroatoms. The summed E-state index contributed by atoms with van der Waals surface area (Å²) in [5, 5.41) is 0. The standard InChI is InChI=1S/C13H20O2Si/c1-4-16(2,3)15-11-10-14-12-13-8-6-5-7-9-13/h4-9H,1,10-12H2,2-3H3. The molecule has 0 saturated heterocycles. The first-order valence-corrected chi connectivity index (χ1v) is 8.52. The van der Waals surface area contributed by atoms with Gasteiger partial charge in [-0.2, -0.15) is 0 Å². The largest absolute Gasteiger partial charge is 0.411 e. The van der Waals surface area contributed by atoms with Crippen LogP contribution in [0.2, 0.25) is 13.1 Å². The smallest absolute Gasteiger partial charge is 0.210 e. The number of ether oxygens (including phenoxy) is 1. The minimum atomic E-state index is -1.62. The molecule has 16 heavy (non-hydrogen) atoms. The Kier molecular flexibility index (Phi) is 5.45. The molecule has 0 saturated carbocycles. The summed E-state index contributed by atoms with van der Waals surface area (Å²) in [6, 6.07) is 10.2. The Bertz CT molecular complexity index is 309. The van der Waals surface area contributed by atoms with Gasteiger partial charge in [-0.15, -0.1) is 6.58 Å². The van der Waals surface area contributed by atoms with Crippen molar-refractivity contribution in [1.29, 1.82) is 0 Å². The molecule has 1 aromatic rings. The molecule has 0 amide bonds. The minimum absolute atomic E-state index is 0.638. The maximum Gasteiger partial charge on any atom is 0.210 e. The summed E-state index contributed by atoms with van der Waals surface area (Å²) in [5.41, 5.74) is 3.13. The first-order valence-electron chi connectivity index (χ1n) is 5.53. The van der Waals surface area contributed by atoms with Gasteiger partial charge in [-0.05, 0) is 18.7 Å². The van der Waals surface area contributed by atoms with Crippen LogP contribution in [0.4, 0.5) is 0 Å². The third-order valence-electron chi connectivity index (χ3n) is 2.30. The van der Waals surface area contributed by atoms with Crippen molar-refractivity contribution >= 4 is 8.32 Å². The van der Waals surface area contributed by atoms with Crippen LogP contribution in [-0.4, -0.2) is 21.5 Å². The first-order chi connectivity index (χ1) is 7.64. The molecule has 0 unspecified atom stereocenters. The zero-order chi connectivity index (χ0) is 11.9. The molecule has 0 N–H and O–H groups in total. The Morgan fingerprint density at radius 3 is 2.50 bits per heavy atom. The highest BCUT2D eigenvalue weighted by Crippen LogP contribution is 2.05. The van der Waals surface area contributed by atoms with Crippen molar-refractivity contribution in [2.24, 2.45) is 0 Å². The molecule has 88 valence electrons. The van der Waals surface area contributed by atoms with Crippen molar-refractivity contribution in [2.75, 3.05) is 13.2 Å². The summed E-state index contributed by atoms with van der Waals surface area (Å²) in [6.45, 7) is 9.96. The zero-order valence-electron chi connectivity index (χ0n) is 10.1. The van der Waals surface area contributed by atoms with E-state index in [9.17, 15) is 0 Å². The maximum atomic E-state index is 5.71. The van der Waals surface area contributed by atoms with Gasteiger partial charge in [0.25, 0.3) is 0 Å². The van der Waals surface area contributed by atoms with E-state index in [2.05, 4.69) is 31.8 Å². The molecule has 0 fully saturated rings. The van der Waals surface area contributed by atoms with Crippen LogP contribution < -0.4 is 0 Å². The third kappa shape index (κ3) is 5.26. The molecular formula is C13H20O2Si. The van der Waals surface area contributed by atoms with Crippen molar-refractivity contribution < 1.29 is 9.16 Å². The molecular weight excluding hydrogens is 216 g/mol. The van der Waals surface area contributed by atoms with Gasteiger partial charge in [0.05, 0.1) is 19.8 Å². The van der Waals surface area contributed by atoms with Gasteiger partial charge in [0.15, 0.2) is 0 Å². The molecule has 1 rings (SSSR count). The molecule has 0 aliphatic rings. The number of rotatable bonds is 7. The predicted molar refractivity (Wildman–Crippen MR) is 69.7 cm³/mol. The lowest BCUT2D eigenvalue weighted by Crippen LogP contribution is -2.29. The van der Waals surface area contributed by atoms with Gasteiger partial charge in [-0.25, -0.2) is 0 Å². The SMILES string of the molecule is C=C[Si](C)(C)OCCOCc1ccccc1. The second kappa shape index (κ2) is 6.63. The quantitative estimate of drug-likeness (QED) is 0.535. The van der Waals surface area contributed by atoms with E-state index in [0.29, 0.717) is 19.8 Å². The second-order valence-corrected chi connectivity index (χ2v) is 8.10. The summed E-state index contributed by atoms with van der Waals surface area (Å²) < 4.78 is 11.2. The molecule has 0 spiro atoms. The maximum absolute atomic E-state index is 5.71. The van der Waals surface area contributed by atoms with Crippen LogP contribution in [0.5, 0.6) is 0 Å². The van der Waals surface area contributed by atoms with E-state index in [4.69, 9.17) is 9.16 Å². The molecule has 1 aromatic carbocycles. The van der Waals surface area contributed by atoms with Crippen LogP contribution in [0.1, 0.15) is 5.56 Å². The zero-order valence-corrected chi connectivity index (χ0v) is 11.1. The van der Waals surface area contributed by atoms with Crippen LogP contribution in [0.25, 0.3) is 0 Å².